The summed E-state index contributed by atoms with van der Waals surface area (Å²) >= 11 is 0. The van der Waals surface area contributed by atoms with E-state index in [1.807, 2.05) is 6.92 Å². The largest absolute Gasteiger partial charge is 0.496 e. The minimum atomic E-state index is -2.61. The highest BCUT2D eigenvalue weighted by Crippen LogP contribution is 2.30. The zero-order valence-corrected chi connectivity index (χ0v) is 12.8. The van der Waals surface area contributed by atoms with E-state index in [-0.39, 0.29) is 25.6 Å². The van der Waals surface area contributed by atoms with Gasteiger partial charge in [-0.1, -0.05) is 0 Å². The van der Waals surface area contributed by atoms with Crippen molar-refractivity contribution in [2.24, 2.45) is 0 Å². The highest BCUT2D eigenvalue weighted by atomic mass is 19.3. The summed E-state index contributed by atoms with van der Waals surface area (Å²) in [5.41, 5.74) is 1.11. The van der Waals surface area contributed by atoms with E-state index < -0.39 is 12.5 Å². The van der Waals surface area contributed by atoms with E-state index >= 15 is 0 Å². The summed E-state index contributed by atoms with van der Waals surface area (Å²) < 4.78 is 40.9. The number of methoxy groups -OCH3 is 2. The Labute approximate surface area is 127 Å². The molecule has 0 aromatic heterocycles. The normalized spacial score (nSPS) is 18.5. The van der Waals surface area contributed by atoms with Crippen LogP contribution in [0, 0.1) is 6.92 Å². The average molecular weight is 315 g/mol. The summed E-state index contributed by atoms with van der Waals surface area (Å²) in [6, 6.07) is 3.18. The maximum atomic E-state index is 12.7. The molecule has 0 radical (unpaired) electrons. The number of amides is 1. The van der Waals surface area contributed by atoms with Crippen LogP contribution in [0.1, 0.15) is 15.9 Å². The third kappa shape index (κ3) is 3.30. The predicted molar refractivity (Wildman–Crippen MR) is 75.9 cm³/mol. The van der Waals surface area contributed by atoms with E-state index in [0.29, 0.717) is 17.1 Å². The van der Waals surface area contributed by atoms with Crippen LogP contribution in [-0.2, 0) is 4.74 Å². The van der Waals surface area contributed by atoms with Crippen LogP contribution in [-0.4, -0.2) is 57.3 Å². The van der Waals surface area contributed by atoms with E-state index in [0.717, 1.165) is 5.56 Å². The van der Waals surface area contributed by atoms with E-state index in [4.69, 9.17) is 14.2 Å². The Morgan fingerprint density at radius 2 is 1.91 bits per heavy atom. The fourth-order valence-electron chi connectivity index (χ4n) is 2.40. The highest BCUT2D eigenvalue weighted by molar-refractivity contribution is 5.95. The standard InChI is InChI=1S/C15H19F2NO4/c1-9-11(20-2)6-10(7-12(9)21-3)15(19)18-4-5-22-13(8-18)14(16)17/h6-7,13-14H,4-5,8H2,1-3H3/t13-/m1/s1. The van der Waals surface area contributed by atoms with E-state index in [1.54, 1.807) is 12.1 Å². The van der Waals surface area contributed by atoms with Crippen molar-refractivity contribution < 1.29 is 27.8 Å². The molecule has 1 aliphatic heterocycles. The second-order valence-electron chi connectivity index (χ2n) is 5.00. The lowest BCUT2D eigenvalue weighted by Crippen LogP contribution is -2.48. The fraction of sp³-hybridized carbons (Fsp3) is 0.533. The van der Waals surface area contributed by atoms with Gasteiger partial charge in [0.05, 0.1) is 27.4 Å². The summed E-state index contributed by atoms with van der Waals surface area (Å²) in [5.74, 6) is 0.688. The second kappa shape index (κ2) is 6.91. The maximum Gasteiger partial charge on any atom is 0.266 e. The van der Waals surface area contributed by atoms with Gasteiger partial charge in [0.15, 0.2) is 0 Å². The lowest BCUT2D eigenvalue weighted by Gasteiger charge is -2.32. The van der Waals surface area contributed by atoms with Gasteiger partial charge in [0.2, 0.25) is 0 Å². The summed E-state index contributed by atoms with van der Waals surface area (Å²) in [6.07, 6.45) is -3.86. The Hall–Kier alpha value is -1.89. The molecule has 1 amide bonds. The van der Waals surface area contributed by atoms with Crippen molar-refractivity contribution in [1.82, 2.24) is 4.90 Å². The topological polar surface area (TPSA) is 48.0 Å². The number of alkyl halides is 2. The lowest BCUT2D eigenvalue weighted by molar-refractivity contribution is -0.0942. The average Bonchev–Trinajstić information content (AvgIpc) is 2.54. The van der Waals surface area contributed by atoms with Crippen LogP contribution in [0.5, 0.6) is 11.5 Å². The van der Waals surface area contributed by atoms with Gasteiger partial charge in [0, 0.05) is 17.7 Å². The van der Waals surface area contributed by atoms with E-state index in [1.165, 1.54) is 19.1 Å². The third-order valence-electron chi connectivity index (χ3n) is 3.66. The Kier molecular flexibility index (Phi) is 5.18. The van der Waals surface area contributed by atoms with Gasteiger partial charge in [0.1, 0.15) is 17.6 Å². The Balaban J connectivity index is 2.25. The Morgan fingerprint density at radius 3 is 2.41 bits per heavy atom. The molecule has 1 heterocycles. The molecule has 22 heavy (non-hydrogen) atoms. The van der Waals surface area contributed by atoms with Crippen molar-refractivity contribution in [2.75, 3.05) is 33.9 Å². The van der Waals surface area contributed by atoms with Crippen LogP contribution in [0.25, 0.3) is 0 Å². The molecule has 1 fully saturated rings. The van der Waals surface area contributed by atoms with Gasteiger partial charge in [-0.25, -0.2) is 8.78 Å². The first-order valence-corrected chi connectivity index (χ1v) is 6.89. The summed E-state index contributed by atoms with van der Waals surface area (Å²) in [4.78, 5) is 13.9. The van der Waals surface area contributed by atoms with Gasteiger partial charge < -0.3 is 19.1 Å². The molecular formula is C15H19F2NO4. The minimum Gasteiger partial charge on any atom is -0.496 e. The molecular weight excluding hydrogens is 296 g/mol. The summed E-state index contributed by atoms with van der Waals surface area (Å²) in [6.45, 7) is 2.06. The van der Waals surface area contributed by atoms with E-state index in [2.05, 4.69) is 0 Å². The number of benzene rings is 1. The maximum absolute atomic E-state index is 12.7. The zero-order chi connectivity index (χ0) is 16.3. The molecule has 7 heteroatoms. The monoisotopic (exact) mass is 315 g/mol. The number of hydrogen-bond acceptors (Lipinski definition) is 4. The van der Waals surface area contributed by atoms with Gasteiger partial charge in [-0.05, 0) is 19.1 Å². The highest BCUT2D eigenvalue weighted by Gasteiger charge is 2.31. The third-order valence-corrected chi connectivity index (χ3v) is 3.66. The van der Waals surface area contributed by atoms with Crippen LogP contribution < -0.4 is 9.47 Å². The molecule has 0 unspecified atom stereocenters. The molecule has 0 saturated carbocycles. The summed E-state index contributed by atoms with van der Waals surface area (Å²) in [7, 11) is 3.00. The molecule has 5 nitrogen and oxygen atoms in total. The van der Waals surface area contributed by atoms with Crippen molar-refractivity contribution in [2.45, 2.75) is 19.5 Å². The lowest BCUT2D eigenvalue weighted by atomic mass is 10.1. The van der Waals surface area contributed by atoms with Gasteiger partial charge in [-0.2, -0.15) is 0 Å². The molecule has 1 aromatic rings. The predicted octanol–water partition coefficient (Wildman–Crippen LogP) is 2.12. The first-order chi connectivity index (χ1) is 10.5. The number of morpholine rings is 1. The van der Waals surface area contributed by atoms with Crippen molar-refractivity contribution in [3.05, 3.63) is 23.3 Å². The van der Waals surface area contributed by atoms with Gasteiger partial charge >= 0.3 is 0 Å². The summed E-state index contributed by atoms with van der Waals surface area (Å²) in [5, 5.41) is 0. The molecule has 0 spiro atoms. The van der Waals surface area contributed by atoms with Crippen LogP contribution in [0.2, 0.25) is 0 Å². The zero-order valence-electron chi connectivity index (χ0n) is 12.8. The number of carbonyl (C=O) groups is 1. The van der Waals surface area contributed by atoms with Gasteiger partial charge in [0.25, 0.3) is 12.3 Å². The minimum absolute atomic E-state index is 0.0981. The number of ether oxygens (including phenoxy) is 3. The quantitative estimate of drug-likeness (QED) is 0.854. The van der Waals surface area contributed by atoms with Crippen molar-refractivity contribution in [1.29, 1.82) is 0 Å². The SMILES string of the molecule is COc1cc(C(=O)N2CCO[C@@H](C(F)F)C2)cc(OC)c1C. The molecule has 1 atom stereocenters. The van der Waals surface area contributed by atoms with Crippen molar-refractivity contribution in [3.8, 4) is 11.5 Å². The van der Waals surface area contributed by atoms with Crippen LogP contribution >= 0.6 is 0 Å². The van der Waals surface area contributed by atoms with Crippen molar-refractivity contribution >= 4 is 5.91 Å². The molecule has 2 rings (SSSR count). The van der Waals surface area contributed by atoms with Crippen LogP contribution in [0.3, 0.4) is 0 Å². The molecule has 0 N–H and O–H groups in total. The second-order valence-corrected chi connectivity index (χ2v) is 5.00. The number of carbonyl (C=O) groups excluding carboxylic acids is 1. The van der Waals surface area contributed by atoms with Gasteiger partial charge in [-0.3, -0.25) is 4.79 Å². The number of nitrogens with zero attached hydrogens (tertiary/aromatic N) is 1. The smallest absolute Gasteiger partial charge is 0.266 e. The van der Waals surface area contributed by atoms with Crippen LogP contribution in [0.4, 0.5) is 8.78 Å². The number of hydrogen-bond donors (Lipinski definition) is 0. The Bertz CT molecular complexity index is 525. The molecule has 0 bridgehead atoms. The van der Waals surface area contributed by atoms with E-state index in [9.17, 15) is 13.6 Å². The fourth-order valence-corrected chi connectivity index (χ4v) is 2.40. The molecule has 0 aliphatic carbocycles. The molecule has 1 aliphatic rings. The molecule has 1 aromatic carbocycles. The number of rotatable bonds is 4. The van der Waals surface area contributed by atoms with Gasteiger partial charge in [-0.15, -0.1) is 0 Å². The molecule has 122 valence electrons. The van der Waals surface area contributed by atoms with Crippen LogP contribution in [0.15, 0.2) is 12.1 Å². The number of halogens is 2. The first kappa shape index (κ1) is 16.5. The Morgan fingerprint density at radius 1 is 1.32 bits per heavy atom. The first-order valence-electron chi connectivity index (χ1n) is 6.89. The molecule has 1 saturated heterocycles. The van der Waals surface area contributed by atoms with Crippen molar-refractivity contribution in [3.63, 3.8) is 0 Å².